The Bertz CT molecular complexity index is 666. The second kappa shape index (κ2) is 9.74. The van der Waals surface area contributed by atoms with Crippen LogP contribution in [-0.4, -0.2) is 28.4 Å². The van der Waals surface area contributed by atoms with Crippen molar-refractivity contribution in [2.75, 3.05) is 12.3 Å². The number of hydrogen-bond acceptors (Lipinski definition) is 6. The van der Waals surface area contributed by atoms with Crippen molar-refractivity contribution in [3.63, 3.8) is 0 Å². The lowest BCUT2D eigenvalue weighted by molar-refractivity contribution is -0.118. The van der Waals surface area contributed by atoms with Gasteiger partial charge in [-0.1, -0.05) is 71.1 Å². The monoisotopic (exact) mass is 407 g/mol. The Morgan fingerprint density at radius 1 is 1.22 bits per heavy atom. The zero-order valence-electron chi connectivity index (χ0n) is 12.3. The minimum Gasteiger partial charge on any atom is -0.355 e. The second-order valence-corrected chi connectivity index (χ2v) is 8.75. The van der Waals surface area contributed by atoms with E-state index in [4.69, 9.17) is 23.2 Å². The molecule has 4 nitrogen and oxygen atoms in total. The van der Waals surface area contributed by atoms with Gasteiger partial charge in [0.05, 0.1) is 15.8 Å². The van der Waals surface area contributed by atoms with Crippen molar-refractivity contribution in [2.24, 2.45) is 0 Å². The number of halogens is 2. The van der Waals surface area contributed by atoms with Crippen LogP contribution in [0.1, 0.15) is 18.9 Å². The molecule has 0 bridgehead atoms. The van der Waals surface area contributed by atoms with Gasteiger partial charge in [0.25, 0.3) is 0 Å². The summed E-state index contributed by atoms with van der Waals surface area (Å²) in [5.74, 6) is 1.14. The molecule has 1 amide bonds. The molecule has 0 aliphatic rings. The summed E-state index contributed by atoms with van der Waals surface area (Å²) in [6.45, 7) is 2.73. The third kappa shape index (κ3) is 6.51. The van der Waals surface area contributed by atoms with Crippen molar-refractivity contribution < 1.29 is 4.79 Å². The van der Waals surface area contributed by atoms with Crippen molar-refractivity contribution in [1.82, 2.24) is 15.5 Å². The van der Waals surface area contributed by atoms with Crippen LogP contribution in [0.4, 0.5) is 0 Å². The van der Waals surface area contributed by atoms with Crippen LogP contribution in [0, 0.1) is 0 Å². The van der Waals surface area contributed by atoms with E-state index >= 15 is 0 Å². The van der Waals surface area contributed by atoms with Crippen LogP contribution in [0.5, 0.6) is 0 Å². The molecule has 0 saturated heterocycles. The maximum atomic E-state index is 11.5. The minimum atomic E-state index is 0.0251. The van der Waals surface area contributed by atoms with Crippen LogP contribution in [0.15, 0.2) is 26.9 Å². The zero-order valence-corrected chi connectivity index (χ0v) is 16.3. The lowest BCUT2D eigenvalue weighted by atomic mass is 10.2. The first-order chi connectivity index (χ1) is 11.1. The third-order valence-corrected chi connectivity index (χ3v) is 6.63. The van der Waals surface area contributed by atoms with E-state index in [-0.39, 0.29) is 5.91 Å². The fourth-order valence-corrected chi connectivity index (χ4v) is 4.64. The highest BCUT2D eigenvalue weighted by Crippen LogP contribution is 2.32. The molecule has 1 heterocycles. The number of carbonyl (C=O) groups is 1. The van der Waals surface area contributed by atoms with Gasteiger partial charge in [0.2, 0.25) is 5.91 Å². The molecule has 0 unspecified atom stereocenters. The predicted molar refractivity (Wildman–Crippen MR) is 100.0 cm³/mol. The number of aromatic nitrogens is 2. The molecule has 2 rings (SSSR count). The van der Waals surface area contributed by atoms with E-state index in [2.05, 4.69) is 15.5 Å². The number of benzene rings is 1. The van der Waals surface area contributed by atoms with Crippen molar-refractivity contribution in [3.05, 3.63) is 33.8 Å². The van der Waals surface area contributed by atoms with E-state index in [0.717, 1.165) is 26.4 Å². The van der Waals surface area contributed by atoms with E-state index in [9.17, 15) is 4.79 Å². The highest BCUT2D eigenvalue weighted by molar-refractivity contribution is 8.03. The van der Waals surface area contributed by atoms with Crippen LogP contribution in [0.2, 0.25) is 10.0 Å². The number of hydrogen-bond donors (Lipinski definition) is 1. The lowest BCUT2D eigenvalue weighted by Crippen LogP contribution is -2.25. The van der Waals surface area contributed by atoms with Crippen molar-refractivity contribution >= 4 is 64.0 Å². The van der Waals surface area contributed by atoms with Crippen molar-refractivity contribution in [2.45, 2.75) is 27.8 Å². The molecular weight excluding hydrogens is 393 g/mol. The molecule has 23 heavy (non-hydrogen) atoms. The van der Waals surface area contributed by atoms with Gasteiger partial charge in [-0.25, -0.2) is 0 Å². The second-order valence-electron chi connectivity index (χ2n) is 4.51. The van der Waals surface area contributed by atoms with Crippen LogP contribution >= 0.6 is 58.1 Å². The average molecular weight is 408 g/mol. The fraction of sp³-hybridized carbons (Fsp3) is 0.357. The number of thioether (sulfide) groups is 2. The first-order valence-corrected chi connectivity index (χ1v) is 10.4. The smallest absolute Gasteiger partial charge is 0.230 e. The average Bonchev–Trinajstić information content (AvgIpc) is 3.00. The summed E-state index contributed by atoms with van der Waals surface area (Å²) in [6, 6.07) is 5.58. The number of carbonyl (C=O) groups excluding carboxylic acids is 1. The van der Waals surface area contributed by atoms with E-state index in [1.54, 1.807) is 17.8 Å². The van der Waals surface area contributed by atoms with Gasteiger partial charge in [0.1, 0.15) is 0 Å². The highest BCUT2D eigenvalue weighted by atomic mass is 35.5. The van der Waals surface area contributed by atoms with Crippen LogP contribution in [0.3, 0.4) is 0 Å². The Labute approximate surface area is 157 Å². The van der Waals surface area contributed by atoms with Crippen LogP contribution in [-0.2, 0) is 10.5 Å². The van der Waals surface area contributed by atoms with Crippen molar-refractivity contribution in [1.29, 1.82) is 0 Å². The summed E-state index contributed by atoms with van der Waals surface area (Å²) in [6.07, 6.45) is 0.935. The van der Waals surface area contributed by atoms with E-state index in [1.807, 2.05) is 19.1 Å². The zero-order chi connectivity index (χ0) is 16.7. The van der Waals surface area contributed by atoms with Crippen LogP contribution < -0.4 is 5.32 Å². The Kier molecular flexibility index (Phi) is 7.98. The summed E-state index contributed by atoms with van der Waals surface area (Å²) >= 11 is 16.4. The summed E-state index contributed by atoms with van der Waals surface area (Å²) < 4.78 is 1.67. The predicted octanol–water partition coefficient (Wildman–Crippen LogP) is 4.76. The van der Waals surface area contributed by atoms with Gasteiger partial charge >= 0.3 is 0 Å². The molecule has 1 aromatic carbocycles. The lowest BCUT2D eigenvalue weighted by Gasteiger charge is -2.01. The summed E-state index contributed by atoms with van der Waals surface area (Å²) in [5, 5.41) is 12.2. The molecule has 0 spiro atoms. The van der Waals surface area contributed by atoms with Gasteiger partial charge in [-0.15, -0.1) is 10.2 Å². The molecular formula is C14H15Cl2N3OS3. The minimum absolute atomic E-state index is 0.0251. The molecule has 0 saturated carbocycles. The Balaban J connectivity index is 1.80. The summed E-state index contributed by atoms with van der Waals surface area (Å²) in [4.78, 5) is 11.5. The Morgan fingerprint density at radius 3 is 2.65 bits per heavy atom. The summed E-state index contributed by atoms with van der Waals surface area (Å²) in [5.41, 5.74) is 1.08. The number of rotatable bonds is 8. The number of nitrogens with zero attached hydrogens (tertiary/aromatic N) is 2. The van der Waals surface area contributed by atoms with Gasteiger partial charge < -0.3 is 5.32 Å². The first kappa shape index (κ1) is 18.9. The van der Waals surface area contributed by atoms with Crippen LogP contribution in [0.25, 0.3) is 0 Å². The van der Waals surface area contributed by atoms with E-state index < -0.39 is 0 Å². The Hall–Kier alpha value is -0.470. The van der Waals surface area contributed by atoms with E-state index in [1.165, 1.54) is 23.1 Å². The van der Waals surface area contributed by atoms with Gasteiger partial charge in [0, 0.05) is 12.3 Å². The molecule has 0 atom stereocenters. The molecule has 2 aromatic rings. The third-order valence-electron chi connectivity index (χ3n) is 2.63. The number of amides is 1. The first-order valence-electron chi connectivity index (χ1n) is 6.88. The molecule has 9 heteroatoms. The van der Waals surface area contributed by atoms with Gasteiger partial charge in [-0.3, -0.25) is 4.79 Å². The molecule has 1 aromatic heterocycles. The molecule has 0 aliphatic carbocycles. The van der Waals surface area contributed by atoms with Gasteiger partial charge in [0.15, 0.2) is 8.68 Å². The SMILES string of the molecule is CCCNC(=O)CSc1nnc(SCc2ccc(Cl)c(Cl)c2)s1. The normalized spacial score (nSPS) is 10.7. The molecule has 0 aliphatic heterocycles. The highest BCUT2D eigenvalue weighted by Gasteiger charge is 2.09. The van der Waals surface area contributed by atoms with Crippen molar-refractivity contribution in [3.8, 4) is 0 Å². The van der Waals surface area contributed by atoms with Gasteiger partial charge in [-0.2, -0.15) is 0 Å². The van der Waals surface area contributed by atoms with Gasteiger partial charge in [-0.05, 0) is 24.1 Å². The molecule has 124 valence electrons. The molecule has 0 fully saturated rings. The maximum Gasteiger partial charge on any atom is 0.230 e. The maximum absolute atomic E-state index is 11.5. The number of nitrogens with one attached hydrogen (secondary N) is 1. The molecule has 0 radical (unpaired) electrons. The van der Waals surface area contributed by atoms with E-state index in [0.29, 0.717) is 22.3 Å². The Morgan fingerprint density at radius 2 is 1.96 bits per heavy atom. The topological polar surface area (TPSA) is 54.9 Å². The standard InChI is InChI=1S/C14H15Cl2N3OS3/c1-2-5-17-12(20)8-22-14-19-18-13(23-14)21-7-9-3-4-10(15)11(16)6-9/h3-4,6H,2,5,7-8H2,1H3,(H,17,20). The quantitative estimate of drug-likeness (QED) is 0.639. The largest absolute Gasteiger partial charge is 0.355 e. The fourth-order valence-electron chi connectivity index (χ4n) is 1.53. The summed E-state index contributed by atoms with van der Waals surface area (Å²) in [7, 11) is 0. The molecule has 1 N–H and O–H groups in total.